The molecule has 0 radical (unpaired) electrons. The van der Waals surface area contributed by atoms with E-state index < -0.39 is 11.9 Å². The number of benzene rings is 1. The van der Waals surface area contributed by atoms with Crippen molar-refractivity contribution >= 4 is 35.1 Å². The third-order valence-electron chi connectivity index (χ3n) is 5.76. The molecule has 1 saturated heterocycles. The Morgan fingerprint density at radius 3 is 2.80 bits per heavy atom. The topological polar surface area (TPSA) is 118 Å². The van der Waals surface area contributed by atoms with Crippen molar-refractivity contribution in [1.29, 1.82) is 0 Å². The highest BCUT2D eigenvalue weighted by atomic mass is 32.2. The van der Waals surface area contributed by atoms with E-state index >= 15 is 0 Å². The Labute approximate surface area is 206 Å². The first-order chi connectivity index (χ1) is 17.1. The first kappa shape index (κ1) is 23.3. The van der Waals surface area contributed by atoms with Gasteiger partial charge in [0, 0.05) is 30.8 Å². The van der Waals surface area contributed by atoms with E-state index in [1.54, 1.807) is 17.9 Å². The average molecular weight is 495 g/mol. The molecule has 0 aliphatic carbocycles. The lowest BCUT2D eigenvalue weighted by Crippen LogP contribution is -2.48. The number of ether oxygens (including phenoxy) is 1. The number of hydrogen-bond acceptors (Lipinski definition) is 9. The van der Waals surface area contributed by atoms with E-state index in [0.29, 0.717) is 37.0 Å². The Morgan fingerprint density at radius 2 is 2.00 bits per heavy atom. The summed E-state index contributed by atoms with van der Waals surface area (Å²) < 4.78 is 6.98. The number of likely N-dealkylation sites (N-methyl/N-ethyl adjacent to an activating group) is 1. The molecule has 2 aromatic heterocycles. The molecule has 1 fully saturated rings. The second-order valence-corrected chi connectivity index (χ2v) is 9.30. The smallest absolute Gasteiger partial charge is 0.291 e. The third kappa shape index (κ3) is 5.45. The van der Waals surface area contributed by atoms with E-state index in [-0.39, 0.29) is 11.7 Å². The number of aromatic nitrogens is 4. The van der Waals surface area contributed by atoms with Gasteiger partial charge in [-0.1, -0.05) is 30.3 Å². The summed E-state index contributed by atoms with van der Waals surface area (Å²) in [6.07, 6.45) is 3.20. The van der Waals surface area contributed by atoms with E-state index in [0.717, 1.165) is 23.5 Å². The molecule has 2 amide bonds. The van der Waals surface area contributed by atoms with Gasteiger partial charge in [-0.25, -0.2) is 19.7 Å². The summed E-state index contributed by atoms with van der Waals surface area (Å²) in [5.74, 6) is 0.413. The molecular weight excluding hydrogens is 468 g/mol. The summed E-state index contributed by atoms with van der Waals surface area (Å²) in [7, 11) is 1.69. The van der Waals surface area contributed by atoms with Gasteiger partial charge >= 0.3 is 0 Å². The molecule has 182 valence electrons. The highest BCUT2D eigenvalue weighted by Gasteiger charge is 2.31. The normalized spacial score (nSPS) is 18.6. The van der Waals surface area contributed by atoms with Gasteiger partial charge in [0.05, 0.1) is 31.6 Å². The minimum Gasteiger partial charge on any atom is -0.379 e. The summed E-state index contributed by atoms with van der Waals surface area (Å²) in [5.41, 5.74) is 5.05. The van der Waals surface area contributed by atoms with Gasteiger partial charge in [-0.15, -0.1) is 16.9 Å². The van der Waals surface area contributed by atoms with E-state index in [1.807, 2.05) is 36.4 Å². The van der Waals surface area contributed by atoms with Crippen molar-refractivity contribution in [3.05, 3.63) is 60.3 Å². The molecule has 0 saturated carbocycles. The van der Waals surface area contributed by atoms with Gasteiger partial charge in [-0.3, -0.25) is 9.59 Å². The summed E-state index contributed by atoms with van der Waals surface area (Å²) >= 11 is 1.50. The zero-order valence-electron chi connectivity index (χ0n) is 19.3. The number of thioether (sulfide) groups is 1. The number of carbonyl (C=O) groups excluding carboxylic acids is 2. The fourth-order valence-electron chi connectivity index (χ4n) is 3.86. The van der Waals surface area contributed by atoms with Crippen molar-refractivity contribution in [2.24, 2.45) is 0 Å². The Morgan fingerprint density at radius 1 is 1.20 bits per heavy atom. The molecule has 4 heterocycles. The van der Waals surface area contributed by atoms with Gasteiger partial charge in [-0.05, 0) is 11.6 Å². The van der Waals surface area contributed by atoms with Crippen LogP contribution in [0.2, 0.25) is 0 Å². The number of anilines is 2. The zero-order chi connectivity index (χ0) is 24.2. The van der Waals surface area contributed by atoms with Crippen LogP contribution in [0, 0.1) is 0 Å². The number of carbonyl (C=O) groups is 2. The number of pyridine rings is 1. The lowest BCUT2D eigenvalue weighted by atomic mass is 10.2. The molecule has 0 bridgehead atoms. The number of nitrogens with zero attached hydrogens (tertiary/aromatic N) is 6. The molecule has 1 atom stereocenters. The largest absolute Gasteiger partial charge is 0.379 e. The molecule has 11 nitrogen and oxygen atoms in total. The maximum absolute atomic E-state index is 13.1. The molecule has 2 aliphatic heterocycles. The van der Waals surface area contributed by atoms with Gasteiger partial charge in [0.2, 0.25) is 11.7 Å². The Kier molecular flexibility index (Phi) is 6.93. The van der Waals surface area contributed by atoms with Crippen LogP contribution in [0.15, 0.2) is 53.8 Å². The third-order valence-corrected chi connectivity index (χ3v) is 6.90. The van der Waals surface area contributed by atoms with Gasteiger partial charge < -0.3 is 20.4 Å². The SMILES string of the molecule is CN1C(=O)[C@@H](NC(=O)c2ncn(Cc3ccccc3)n2)CSc2cc(NN3CCOCC3)ncc21. The number of morpholine rings is 1. The van der Waals surface area contributed by atoms with Crippen LogP contribution in [-0.2, 0) is 16.1 Å². The molecule has 5 rings (SSSR count). The van der Waals surface area contributed by atoms with Gasteiger partial charge in [0.25, 0.3) is 5.91 Å². The van der Waals surface area contributed by atoms with Crippen molar-refractivity contribution in [2.75, 3.05) is 49.4 Å². The number of hydrogen-bond donors (Lipinski definition) is 2. The van der Waals surface area contributed by atoms with E-state index in [2.05, 4.69) is 30.8 Å². The molecule has 0 spiro atoms. The molecule has 12 heteroatoms. The number of amides is 2. The van der Waals surface area contributed by atoms with E-state index in [4.69, 9.17) is 4.74 Å². The zero-order valence-corrected chi connectivity index (χ0v) is 20.1. The molecule has 0 unspecified atom stereocenters. The van der Waals surface area contributed by atoms with Crippen molar-refractivity contribution in [3.8, 4) is 0 Å². The highest BCUT2D eigenvalue weighted by molar-refractivity contribution is 7.99. The fourth-order valence-corrected chi connectivity index (χ4v) is 4.97. The Hall–Kier alpha value is -3.48. The maximum atomic E-state index is 13.1. The molecular formula is C23H26N8O3S. The van der Waals surface area contributed by atoms with Crippen LogP contribution in [0.3, 0.4) is 0 Å². The lowest BCUT2D eigenvalue weighted by Gasteiger charge is -2.27. The lowest BCUT2D eigenvalue weighted by molar-refractivity contribution is -0.119. The summed E-state index contributed by atoms with van der Waals surface area (Å²) in [6.45, 7) is 3.39. The monoisotopic (exact) mass is 494 g/mol. The van der Waals surface area contributed by atoms with Crippen molar-refractivity contribution in [3.63, 3.8) is 0 Å². The molecule has 3 aromatic rings. The van der Waals surface area contributed by atoms with Crippen LogP contribution in [0.1, 0.15) is 16.2 Å². The second-order valence-electron chi connectivity index (χ2n) is 8.23. The Bertz CT molecular complexity index is 1200. The number of fused-ring (bicyclic) bond motifs is 1. The van der Waals surface area contributed by atoms with Gasteiger partial charge in [0.1, 0.15) is 18.2 Å². The first-order valence-corrected chi connectivity index (χ1v) is 12.3. The van der Waals surface area contributed by atoms with Crippen molar-refractivity contribution in [1.82, 2.24) is 30.1 Å². The van der Waals surface area contributed by atoms with Crippen LogP contribution >= 0.6 is 11.8 Å². The van der Waals surface area contributed by atoms with Crippen LogP contribution < -0.4 is 15.6 Å². The molecule has 2 aliphatic rings. The molecule has 2 N–H and O–H groups in total. The van der Waals surface area contributed by atoms with E-state index in [1.165, 1.54) is 23.0 Å². The summed E-state index contributed by atoms with van der Waals surface area (Å²) in [5, 5.41) is 9.13. The first-order valence-electron chi connectivity index (χ1n) is 11.3. The van der Waals surface area contributed by atoms with Crippen LogP contribution in [0.5, 0.6) is 0 Å². The highest BCUT2D eigenvalue weighted by Crippen LogP contribution is 2.34. The standard InChI is InChI=1S/C23H26N8O3S/c1-29-18-12-24-20(27-30-7-9-34-10-8-30)11-19(18)35-14-17(23(29)33)26-22(32)21-25-15-31(28-21)13-16-5-3-2-4-6-16/h2-6,11-12,15,17H,7-10,13-14H2,1H3,(H,24,27)(H,26,32)/t17-/m0/s1. The Balaban J connectivity index is 1.24. The average Bonchev–Trinajstić information content (AvgIpc) is 3.31. The molecule has 1 aromatic carbocycles. The predicted octanol–water partition coefficient (Wildman–Crippen LogP) is 1.25. The van der Waals surface area contributed by atoms with Crippen LogP contribution in [0.25, 0.3) is 0 Å². The van der Waals surface area contributed by atoms with Crippen LogP contribution in [-0.4, -0.2) is 81.7 Å². The quantitative estimate of drug-likeness (QED) is 0.522. The predicted molar refractivity (Wildman–Crippen MR) is 131 cm³/mol. The minimum atomic E-state index is -0.721. The van der Waals surface area contributed by atoms with Gasteiger partial charge in [0.15, 0.2) is 0 Å². The molecule has 35 heavy (non-hydrogen) atoms. The number of rotatable bonds is 6. The maximum Gasteiger partial charge on any atom is 0.291 e. The van der Waals surface area contributed by atoms with Gasteiger partial charge in [-0.2, -0.15) is 0 Å². The minimum absolute atomic E-state index is 0.0295. The van der Waals surface area contributed by atoms with Crippen LogP contribution in [0.4, 0.5) is 11.5 Å². The van der Waals surface area contributed by atoms with Crippen molar-refractivity contribution < 1.29 is 14.3 Å². The second kappa shape index (κ2) is 10.4. The number of nitrogens with one attached hydrogen (secondary N) is 2. The summed E-state index contributed by atoms with van der Waals surface area (Å²) in [6, 6.07) is 11.0. The van der Waals surface area contributed by atoms with E-state index in [9.17, 15) is 9.59 Å². The van der Waals surface area contributed by atoms with Crippen molar-refractivity contribution in [2.45, 2.75) is 17.5 Å². The fraction of sp³-hybridized carbons (Fsp3) is 0.348. The summed E-state index contributed by atoms with van der Waals surface area (Å²) in [4.78, 5) is 37.0. The number of hydrazine groups is 1.